The lowest BCUT2D eigenvalue weighted by molar-refractivity contribution is 0.414. The van der Waals surface area contributed by atoms with Crippen LogP contribution in [-0.2, 0) is 0 Å². The minimum Gasteiger partial charge on any atom is -0.495 e. The molecule has 0 saturated carbocycles. The van der Waals surface area contributed by atoms with Gasteiger partial charge in [-0.25, -0.2) is 0 Å². The molecule has 1 rings (SSSR count). The first-order valence-electron chi connectivity index (χ1n) is 5.14. The molecule has 0 aliphatic carbocycles. The Kier molecular flexibility index (Phi) is 5.46. The molecular formula is C12H18ClNOS. The largest absolute Gasteiger partial charge is 0.495 e. The summed E-state index contributed by atoms with van der Waals surface area (Å²) in [5, 5.41) is 3.98. The first-order chi connectivity index (χ1) is 7.63. The van der Waals surface area contributed by atoms with Gasteiger partial charge in [0.25, 0.3) is 0 Å². The number of ether oxygens (including phenoxy) is 1. The lowest BCUT2D eigenvalue weighted by Crippen LogP contribution is -2.19. The van der Waals surface area contributed by atoms with E-state index in [0.717, 1.165) is 11.5 Å². The maximum Gasteiger partial charge on any atom is 0.137 e. The zero-order valence-corrected chi connectivity index (χ0v) is 11.7. The van der Waals surface area contributed by atoms with E-state index in [0.29, 0.717) is 11.1 Å². The Morgan fingerprint density at radius 2 is 2.19 bits per heavy atom. The average molecular weight is 260 g/mol. The normalized spacial score (nSPS) is 12.6. The molecule has 1 aromatic carbocycles. The van der Waals surface area contributed by atoms with E-state index in [1.54, 1.807) is 7.11 Å². The quantitative estimate of drug-likeness (QED) is 0.877. The molecule has 0 fully saturated rings. The minimum atomic E-state index is 0.332. The molecule has 16 heavy (non-hydrogen) atoms. The van der Waals surface area contributed by atoms with Crippen LogP contribution < -0.4 is 10.1 Å². The highest BCUT2D eigenvalue weighted by Gasteiger charge is 2.14. The Hall–Kier alpha value is -0.380. The van der Waals surface area contributed by atoms with Gasteiger partial charge in [-0.3, -0.25) is 0 Å². The second-order valence-electron chi connectivity index (χ2n) is 3.64. The number of methoxy groups -OCH3 is 1. The average Bonchev–Trinajstić information content (AvgIpc) is 2.28. The molecule has 4 heteroatoms. The van der Waals surface area contributed by atoms with E-state index in [9.17, 15) is 0 Å². The summed E-state index contributed by atoms with van der Waals surface area (Å²) in [6.07, 6.45) is 2.10. The highest BCUT2D eigenvalue weighted by molar-refractivity contribution is 7.98. The highest BCUT2D eigenvalue weighted by atomic mass is 35.5. The third-order valence-electron chi connectivity index (χ3n) is 2.60. The standard InChI is InChI=1S/C12H18ClNOS/c1-8-5-12(15-3)10(13)6-9(8)11(14-2)7-16-4/h5-6,11,14H,7H2,1-4H3. The fourth-order valence-corrected chi connectivity index (χ4v) is 2.63. The van der Waals surface area contributed by atoms with Crippen LogP contribution in [0, 0.1) is 6.92 Å². The van der Waals surface area contributed by atoms with E-state index in [1.807, 2.05) is 30.9 Å². The van der Waals surface area contributed by atoms with Gasteiger partial charge in [0.1, 0.15) is 5.75 Å². The van der Waals surface area contributed by atoms with Crippen LogP contribution in [0.2, 0.25) is 5.02 Å². The molecule has 0 aliphatic rings. The Balaban J connectivity index is 3.08. The first-order valence-corrected chi connectivity index (χ1v) is 6.91. The summed E-state index contributed by atoms with van der Waals surface area (Å²) in [5.74, 6) is 1.77. The van der Waals surface area contributed by atoms with Gasteiger partial charge in [0.05, 0.1) is 12.1 Å². The summed E-state index contributed by atoms with van der Waals surface area (Å²) < 4.78 is 5.20. The van der Waals surface area contributed by atoms with Crippen LogP contribution in [0.1, 0.15) is 17.2 Å². The summed E-state index contributed by atoms with van der Waals surface area (Å²) in [6.45, 7) is 2.08. The number of rotatable bonds is 5. The van der Waals surface area contributed by atoms with Crippen molar-refractivity contribution in [3.05, 3.63) is 28.3 Å². The predicted octanol–water partition coefficient (Wildman–Crippen LogP) is 3.28. The number of aryl methyl sites for hydroxylation is 1. The maximum atomic E-state index is 6.14. The lowest BCUT2D eigenvalue weighted by Gasteiger charge is -2.19. The summed E-state index contributed by atoms with van der Waals surface area (Å²) in [7, 11) is 3.61. The Bertz CT molecular complexity index is 357. The number of halogens is 1. The summed E-state index contributed by atoms with van der Waals surface area (Å²) >= 11 is 7.96. The summed E-state index contributed by atoms with van der Waals surface area (Å²) in [4.78, 5) is 0. The smallest absolute Gasteiger partial charge is 0.137 e. The van der Waals surface area contributed by atoms with Crippen molar-refractivity contribution in [2.45, 2.75) is 13.0 Å². The monoisotopic (exact) mass is 259 g/mol. The molecule has 1 aromatic rings. The van der Waals surface area contributed by atoms with Crippen LogP contribution >= 0.6 is 23.4 Å². The second-order valence-corrected chi connectivity index (χ2v) is 4.96. The number of nitrogens with one attached hydrogen (secondary N) is 1. The van der Waals surface area contributed by atoms with Gasteiger partial charge in [-0.15, -0.1) is 0 Å². The van der Waals surface area contributed by atoms with Crippen LogP contribution in [0.15, 0.2) is 12.1 Å². The zero-order chi connectivity index (χ0) is 12.1. The van der Waals surface area contributed by atoms with E-state index in [-0.39, 0.29) is 0 Å². The van der Waals surface area contributed by atoms with Crippen molar-refractivity contribution in [2.24, 2.45) is 0 Å². The fourth-order valence-electron chi connectivity index (χ4n) is 1.70. The van der Waals surface area contributed by atoms with Gasteiger partial charge in [-0.05, 0) is 43.5 Å². The van der Waals surface area contributed by atoms with Crippen molar-refractivity contribution >= 4 is 23.4 Å². The SMILES string of the molecule is CNC(CSC)c1cc(Cl)c(OC)cc1C. The van der Waals surface area contributed by atoms with Gasteiger partial charge in [0, 0.05) is 11.8 Å². The van der Waals surface area contributed by atoms with Crippen molar-refractivity contribution < 1.29 is 4.74 Å². The highest BCUT2D eigenvalue weighted by Crippen LogP contribution is 2.31. The van der Waals surface area contributed by atoms with Crippen molar-refractivity contribution in [1.29, 1.82) is 0 Å². The number of hydrogen-bond donors (Lipinski definition) is 1. The molecule has 1 atom stereocenters. The molecule has 2 nitrogen and oxygen atoms in total. The second kappa shape index (κ2) is 6.38. The van der Waals surface area contributed by atoms with Gasteiger partial charge in [-0.2, -0.15) is 11.8 Å². The Morgan fingerprint density at radius 1 is 1.50 bits per heavy atom. The Morgan fingerprint density at radius 3 is 2.69 bits per heavy atom. The van der Waals surface area contributed by atoms with Crippen molar-refractivity contribution in [1.82, 2.24) is 5.32 Å². The van der Waals surface area contributed by atoms with Gasteiger partial charge in [0.2, 0.25) is 0 Å². The zero-order valence-electron chi connectivity index (χ0n) is 10.1. The molecule has 1 unspecified atom stereocenters. The molecule has 0 heterocycles. The van der Waals surface area contributed by atoms with E-state index in [4.69, 9.17) is 16.3 Å². The van der Waals surface area contributed by atoms with Gasteiger partial charge < -0.3 is 10.1 Å². The molecule has 0 radical (unpaired) electrons. The van der Waals surface area contributed by atoms with Gasteiger partial charge in [0.15, 0.2) is 0 Å². The van der Waals surface area contributed by atoms with Crippen LogP contribution in [0.3, 0.4) is 0 Å². The topological polar surface area (TPSA) is 21.3 Å². The molecular weight excluding hydrogens is 242 g/mol. The molecule has 1 N–H and O–H groups in total. The van der Waals surface area contributed by atoms with Crippen LogP contribution in [-0.4, -0.2) is 26.2 Å². The minimum absolute atomic E-state index is 0.332. The lowest BCUT2D eigenvalue weighted by atomic mass is 10.0. The molecule has 0 spiro atoms. The maximum absolute atomic E-state index is 6.14. The van der Waals surface area contributed by atoms with Gasteiger partial charge in [-0.1, -0.05) is 11.6 Å². The fraction of sp³-hybridized carbons (Fsp3) is 0.500. The molecule has 0 saturated heterocycles. The summed E-state index contributed by atoms with van der Waals surface area (Å²) in [6, 6.07) is 4.31. The van der Waals surface area contributed by atoms with Gasteiger partial charge >= 0.3 is 0 Å². The molecule has 0 bridgehead atoms. The van der Waals surface area contributed by atoms with Crippen molar-refractivity contribution in [2.75, 3.05) is 26.2 Å². The van der Waals surface area contributed by atoms with Crippen LogP contribution in [0.4, 0.5) is 0 Å². The first kappa shape index (κ1) is 13.7. The molecule has 0 amide bonds. The van der Waals surface area contributed by atoms with E-state index >= 15 is 0 Å². The number of benzene rings is 1. The van der Waals surface area contributed by atoms with E-state index in [2.05, 4.69) is 18.5 Å². The third-order valence-corrected chi connectivity index (χ3v) is 3.56. The molecule has 0 aromatic heterocycles. The van der Waals surface area contributed by atoms with Crippen molar-refractivity contribution in [3.8, 4) is 5.75 Å². The van der Waals surface area contributed by atoms with Crippen LogP contribution in [0.5, 0.6) is 5.75 Å². The Labute approximate surface area is 107 Å². The number of hydrogen-bond acceptors (Lipinski definition) is 3. The third kappa shape index (κ3) is 3.06. The molecule has 0 aliphatic heterocycles. The van der Waals surface area contributed by atoms with Crippen molar-refractivity contribution in [3.63, 3.8) is 0 Å². The van der Waals surface area contributed by atoms with Crippen LogP contribution in [0.25, 0.3) is 0 Å². The van der Waals surface area contributed by atoms with E-state index in [1.165, 1.54) is 11.1 Å². The summed E-state index contributed by atoms with van der Waals surface area (Å²) in [5.41, 5.74) is 2.44. The predicted molar refractivity (Wildman–Crippen MR) is 72.9 cm³/mol. The molecule has 90 valence electrons. The number of thioether (sulfide) groups is 1. The van der Waals surface area contributed by atoms with E-state index < -0.39 is 0 Å².